The van der Waals surface area contributed by atoms with Crippen molar-refractivity contribution >= 4 is 39.1 Å². The first-order valence-corrected chi connectivity index (χ1v) is 14.9. The van der Waals surface area contributed by atoms with E-state index in [1.165, 1.54) is 17.8 Å². The maximum absolute atomic E-state index is 14.4. The van der Waals surface area contributed by atoms with E-state index in [0.29, 0.717) is 29.3 Å². The Labute approximate surface area is 223 Å². The van der Waals surface area contributed by atoms with Gasteiger partial charge in [0.15, 0.2) is 0 Å². The van der Waals surface area contributed by atoms with Crippen LogP contribution in [-0.2, 0) is 16.6 Å². The number of fused-ring (bicyclic) bond motifs is 1. The zero-order valence-corrected chi connectivity index (χ0v) is 22.9. The average Bonchev–Trinajstić information content (AvgIpc) is 3.00. The lowest BCUT2D eigenvalue weighted by molar-refractivity contribution is 0.0693. The van der Waals surface area contributed by atoms with Gasteiger partial charge in [-0.3, -0.25) is 0 Å². The Hall–Kier alpha value is -3.01. The van der Waals surface area contributed by atoms with Crippen LogP contribution in [0.5, 0.6) is 5.75 Å². The maximum atomic E-state index is 14.4. The van der Waals surface area contributed by atoms with Crippen molar-refractivity contribution in [1.29, 1.82) is 0 Å². The van der Waals surface area contributed by atoms with Crippen molar-refractivity contribution in [2.45, 2.75) is 48.6 Å². The van der Waals surface area contributed by atoms with Crippen molar-refractivity contribution in [3.05, 3.63) is 77.9 Å². The van der Waals surface area contributed by atoms with Crippen molar-refractivity contribution in [3.63, 3.8) is 0 Å². The number of para-hydroxylation sites is 1. The zero-order chi connectivity index (χ0) is 26.6. The number of hydrogen-bond acceptors (Lipinski definition) is 6. The van der Waals surface area contributed by atoms with E-state index >= 15 is 0 Å². The number of carbonyl (C=O) groups is 1. The Morgan fingerprint density at radius 3 is 2.41 bits per heavy atom. The Balaban J connectivity index is 1.93. The molecule has 9 heteroatoms. The summed E-state index contributed by atoms with van der Waals surface area (Å²) in [6.07, 6.45) is 4.29. The summed E-state index contributed by atoms with van der Waals surface area (Å²) in [6.45, 7) is 2.72. The van der Waals surface area contributed by atoms with Gasteiger partial charge < -0.3 is 14.7 Å². The second kappa shape index (κ2) is 11.6. The molecule has 0 fully saturated rings. The standard InChI is InChI=1S/C28H32N2O5S2/c1-4-5-9-22-19-29(21-10-7-6-8-11-21)25-17-26(36-3)24(28(31)32)16-27(25)37(33,34)30(22)18-20-12-14-23(35-2)15-13-20/h6-8,10-17,22H,4-5,9,18-19H2,1-3H3,(H,31,32). The van der Waals surface area contributed by atoms with E-state index < -0.39 is 16.0 Å². The molecule has 0 aliphatic carbocycles. The number of nitrogens with zero attached hydrogens (tertiary/aromatic N) is 2. The van der Waals surface area contributed by atoms with Crippen molar-refractivity contribution in [3.8, 4) is 5.75 Å². The van der Waals surface area contributed by atoms with Crippen LogP contribution in [0, 0.1) is 0 Å². The van der Waals surface area contributed by atoms with E-state index in [1.807, 2.05) is 59.5 Å². The summed E-state index contributed by atoms with van der Waals surface area (Å²) in [4.78, 5) is 14.7. The number of carboxylic acid groups (broad SMARTS) is 1. The molecular weight excluding hydrogens is 508 g/mol. The normalized spacial score (nSPS) is 17.2. The van der Waals surface area contributed by atoms with E-state index in [2.05, 4.69) is 6.92 Å². The van der Waals surface area contributed by atoms with E-state index in [1.54, 1.807) is 23.7 Å². The molecule has 0 saturated carbocycles. The minimum Gasteiger partial charge on any atom is -0.497 e. The summed E-state index contributed by atoms with van der Waals surface area (Å²) in [6, 6.07) is 19.8. The van der Waals surface area contributed by atoms with Gasteiger partial charge >= 0.3 is 5.97 Å². The van der Waals surface area contributed by atoms with Crippen molar-refractivity contribution in [1.82, 2.24) is 4.31 Å². The Morgan fingerprint density at radius 2 is 1.81 bits per heavy atom. The number of anilines is 2. The first-order chi connectivity index (χ1) is 17.8. The predicted molar refractivity (Wildman–Crippen MR) is 148 cm³/mol. The summed E-state index contributed by atoms with van der Waals surface area (Å²) in [7, 11) is -2.46. The summed E-state index contributed by atoms with van der Waals surface area (Å²) in [5, 5.41) is 9.89. The Morgan fingerprint density at radius 1 is 1.11 bits per heavy atom. The first kappa shape index (κ1) is 27.0. The summed E-state index contributed by atoms with van der Waals surface area (Å²) >= 11 is 1.29. The third kappa shape index (κ3) is 5.63. The fourth-order valence-corrected chi connectivity index (χ4v) is 7.11. The van der Waals surface area contributed by atoms with Gasteiger partial charge in [-0.1, -0.05) is 50.1 Å². The van der Waals surface area contributed by atoms with Crippen LogP contribution in [-0.4, -0.2) is 49.8 Å². The van der Waals surface area contributed by atoms with Crippen LogP contribution in [0.25, 0.3) is 0 Å². The molecule has 1 N–H and O–H groups in total. The quantitative estimate of drug-likeness (QED) is 0.332. The number of hydrogen-bond donors (Lipinski definition) is 1. The summed E-state index contributed by atoms with van der Waals surface area (Å²) in [5.74, 6) is -0.455. The molecule has 7 nitrogen and oxygen atoms in total. The highest BCUT2D eigenvalue weighted by Crippen LogP contribution is 2.42. The number of benzene rings is 3. The van der Waals surface area contributed by atoms with E-state index in [0.717, 1.165) is 24.1 Å². The van der Waals surface area contributed by atoms with Crippen LogP contribution in [0.1, 0.15) is 42.1 Å². The molecular formula is C28H32N2O5S2. The maximum Gasteiger partial charge on any atom is 0.336 e. The van der Waals surface area contributed by atoms with Gasteiger partial charge in [0.1, 0.15) is 10.6 Å². The lowest BCUT2D eigenvalue weighted by Crippen LogP contribution is -2.43. The van der Waals surface area contributed by atoms with Gasteiger partial charge in [-0.15, -0.1) is 11.8 Å². The lowest BCUT2D eigenvalue weighted by atomic mass is 10.1. The number of carboxylic acids is 1. The third-order valence-electron chi connectivity index (χ3n) is 6.65. The first-order valence-electron chi connectivity index (χ1n) is 12.2. The molecule has 1 aliphatic rings. The lowest BCUT2D eigenvalue weighted by Gasteiger charge is -2.31. The zero-order valence-electron chi connectivity index (χ0n) is 21.3. The molecule has 4 rings (SSSR count). The number of thioether (sulfide) groups is 1. The topological polar surface area (TPSA) is 87.2 Å². The molecule has 3 aromatic carbocycles. The predicted octanol–water partition coefficient (Wildman–Crippen LogP) is 6.02. The van der Waals surface area contributed by atoms with Gasteiger partial charge in [-0.25, -0.2) is 13.2 Å². The number of aromatic carboxylic acids is 1. The molecule has 0 aromatic heterocycles. The monoisotopic (exact) mass is 540 g/mol. The molecule has 0 radical (unpaired) electrons. The van der Waals surface area contributed by atoms with Crippen molar-refractivity contribution in [2.75, 3.05) is 24.8 Å². The number of unbranched alkanes of at least 4 members (excludes halogenated alkanes) is 1. The Kier molecular flexibility index (Phi) is 8.46. The fourth-order valence-electron chi connectivity index (χ4n) is 4.68. The highest BCUT2D eigenvalue weighted by molar-refractivity contribution is 7.98. The van der Waals surface area contributed by atoms with Crippen LogP contribution in [0.15, 0.2) is 76.5 Å². The fraction of sp³-hybridized carbons (Fsp3) is 0.321. The molecule has 0 bridgehead atoms. The average molecular weight is 541 g/mol. The smallest absolute Gasteiger partial charge is 0.336 e. The molecule has 37 heavy (non-hydrogen) atoms. The molecule has 196 valence electrons. The highest BCUT2D eigenvalue weighted by atomic mass is 32.2. The van der Waals surface area contributed by atoms with Gasteiger partial charge in [0, 0.05) is 29.7 Å². The molecule has 0 saturated heterocycles. The van der Waals surface area contributed by atoms with Gasteiger partial charge in [0.2, 0.25) is 10.0 Å². The van der Waals surface area contributed by atoms with E-state index in [-0.39, 0.29) is 23.0 Å². The van der Waals surface area contributed by atoms with Crippen LogP contribution >= 0.6 is 11.8 Å². The minimum absolute atomic E-state index is 0.0130. The summed E-state index contributed by atoms with van der Waals surface area (Å²) < 4.78 is 35.5. The second-order valence-electron chi connectivity index (χ2n) is 8.97. The van der Waals surface area contributed by atoms with Gasteiger partial charge in [-0.05, 0) is 54.6 Å². The third-order valence-corrected chi connectivity index (χ3v) is 9.35. The largest absolute Gasteiger partial charge is 0.497 e. The number of sulfonamides is 1. The van der Waals surface area contributed by atoms with Gasteiger partial charge in [-0.2, -0.15) is 4.31 Å². The van der Waals surface area contributed by atoms with Crippen LogP contribution in [0.3, 0.4) is 0 Å². The van der Waals surface area contributed by atoms with Crippen LogP contribution in [0.4, 0.5) is 11.4 Å². The van der Waals surface area contributed by atoms with E-state index in [4.69, 9.17) is 4.74 Å². The number of methoxy groups -OCH3 is 1. The SMILES string of the molecule is CCCCC1CN(c2ccccc2)c2cc(SC)c(C(=O)O)cc2S(=O)(=O)N1Cc1ccc(OC)cc1. The minimum atomic E-state index is -4.05. The van der Waals surface area contributed by atoms with Crippen LogP contribution in [0.2, 0.25) is 0 Å². The molecule has 1 aliphatic heterocycles. The molecule has 1 unspecified atom stereocenters. The molecule has 1 atom stereocenters. The molecule has 1 heterocycles. The summed E-state index contributed by atoms with van der Waals surface area (Å²) in [5.41, 5.74) is 2.18. The number of rotatable bonds is 9. The molecule has 0 spiro atoms. The highest BCUT2D eigenvalue weighted by Gasteiger charge is 2.40. The van der Waals surface area contributed by atoms with Crippen molar-refractivity contribution in [2.24, 2.45) is 0 Å². The second-order valence-corrected chi connectivity index (χ2v) is 11.7. The molecule has 0 amide bonds. The number of ether oxygens (including phenoxy) is 1. The van der Waals surface area contributed by atoms with Crippen molar-refractivity contribution < 1.29 is 23.1 Å². The van der Waals surface area contributed by atoms with Crippen LogP contribution < -0.4 is 9.64 Å². The van der Waals surface area contributed by atoms with Gasteiger partial charge in [0.25, 0.3) is 0 Å². The van der Waals surface area contributed by atoms with Gasteiger partial charge in [0.05, 0.1) is 18.4 Å². The Bertz CT molecular complexity index is 1340. The van der Waals surface area contributed by atoms with E-state index in [9.17, 15) is 18.3 Å². The molecule has 3 aromatic rings.